The molecule has 4 rings (SSSR count). The minimum Gasteiger partial charge on any atom is -0.414 e. The van der Waals surface area contributed by atoms with Crippen LogP contribution in [0.1, 0.15) is 6.92 Å². The molecule has 2 aliphatic heterocycles. The number of benzene rings is 1. The fraction of sp³-hybridized carbons (Fsp3) is 0.409. The molecule has 2 N–H and O–H groups in total. The number of nitrogens with two attached hydrogens (primary N) is 1. The molecule has 3 amide bonds. The zero-order chi connectivity index (χ0) is 24.5. The average molecular weight is 536 g/mol. The maximum Gasteiger partial charge on any atom is 0.522 e. The largest absolute Gasteiger partial charge is 0.522 e. The van der Waals surface area contributed by atoms with Gasteiger partial charge in [0, 0.05) is 61.8 Å². The van der Waals surface area contributed by atoms with Crippen molar-refractivity contribution in [3.05, 3.63) is 36.4 Å². The smallest absolute Gasteiger partial charge is 0.414 e. The molecule has 2 aromatic rings. The van der Waals surface area contributed by atoms with Gasteiger partial charge in [0.15, 0.2) is 6.04 Å². The van der Waals surface area contributed by atoms with Crippen LogP contribution >= 0.6 is 15.9 Å². The second-order valence-electron chi connectivity index (χ2n) is 8.22. The van der Waals surface area contributed by atoms with E-state index in [2.05, 4.69) is 25.9 Å². The predicted molar refractivity (Wildman–Crippen MR) is 127 cm³/mol. The molecule has 0 radical (unpaired) electrons. The van der Waals surface area contributed by atoms with Gasteiger partial charge < -0.3 is 20.3 Å². The zero-order valence-electron chi connectivity index (χ0n) is 18.6. The highest BCUT2D eigenvalue weighted by Gasteiger charge is 2.53. The summed E-state index contributed by atoms with van der Waals surface area (Å²) in [6.45, 7) is 4.21. The molecule has 0 spiro atoms. The van der Waals surface area contributed by atoms with Crippen LogP contribution in [0.2, 0.25) is 0 Å². The van der Waals surface area contributed by atoms with Gasteiger partial charge in [0.1, 0.15) is 24.7 Å². The van der Waals surface area contributed by atoms with Crippen LogP contribution < -0.4 is 15.1 Å². The topological polar surface area (TPSA) is 119 Å². The SMILES string of the molecule is CC(C(N)=O)[N+]1(c2ccc(-c3cnc(N4CCN(C(=O)CBr)CC4)nc3)c(F)c2)CCOC1=O. The first-order valence-electron chi connectivity index (χ1n) is 10.8. The third kappa shape index (κ3) is 4.23. The Morgan fingerprint density at radius 1 is 1.24 bits per heavy atom. The molecule has 0 saturated carbocycles. The quantitative estimate of drug-likeness (QED) is 0.441. The number of amides is 3. The highest BCUT2D eigenvalue weighted by molar-refractivity contribution is 9.09. The van der Waals surface area contributed by atoms with Gasteiger partial charge in [-0.3, -0.25) is 9.59 Å². The second kappa shape index (κ2) is 9.63. The van der Waals surface area contributed by atoms with Crippen LogP contribution in [0.3, 0.4) is 0 Å². The first-order valence-corrected chi connectivity index (χ1v) is 12.0. The van der Waals surface area contributed by atoms with Crippen LogP contribution in [-0.4, -0.2) is 83.5 Å². The van der Waals surface area contributed by atoms with Crippen molar-refractivity contribution < 1.29 is 23.5 Å². The minimum atomic E-state index is -0.909. The van der Waals surface area contributed by atoms with E-state index < -0.39 is 28.3 Å². The van der Waals surface area contributed by atoms with Crippen molar-refractivity contribution in [3.63, 3.8) is 0 Å². The van der Waals surface area contributed by atoms with Crippen LogP contribution in [-0.2, 0) is 14.3 Å². The standard InChI is InChI=1S/C22H24BrFN6O4/c1-14(20(25)32)30(8-9-34-22(30)33)16-2-3-17(18(24)10-16)15-12-26-21(27-13-15)29-6-4-28(5-7-29)19(31)11-23/h2-3,10,12-14H,4-9,11H2,1H3,(H-,25,32)/p+1. The number of alkyl halides is 1. The molecule has 1 aromatic carbocycles. The van der Waals surface area contributed by atoms with E-state index in [1.54, 1.807) is 11.0 Å². The van der Waals surface area contributed by atoms with E-state index in [0.29, 0.717) is 48.7 Å². The summed E-state index contributed by atoms with van der Waals surface area (Å²) in [5, 5.41) is 0.297. The molecule has 2 atom stereocenters. The Labute approximate surface area is 204 Å². The summed E-state index contributed by atoms with van der Waals surface area (Å²) in [5.74, 6) is -0.702. The van der Waals surface area contributed by atoms with Crippen molar-refractivity contribution in [1.82, 2.24) is 19.4 Å². The van der Waals surface area contributed by atoms with E-state index in [9.17, 15) is 14.4 Å². The summed E-state index contributed by atoms with van der Waals surface area (Å²) in [7, 11) is 0. The van der Waals surface area contributed by atoms with Crippen molar-refractivity contribution in [3.8, 4) is 11.1 Å². The Hall–Kier alpha value is -3.12. The summed E-state index contributed by atoms with van der Waals surface area (Å²) in [5.41, 5.74) is 6.50. The van der Waals surface area contributed by atoms with E-state index in [-0.39, 0.29) is 24.6 Å². The Balaban J connectivity index is 1.54. The molecule has 0 aliphatic carbocycles. The van der Waals surface area contributed by atoms with Gasteiger partial charge in [-0.05, 0) is 13.0 Å². The predicted octanol–water partition coefficient (Wildman–Crippen LogP) is 1.66. The van der Waals surface area contributed by atoms with Gasteiger partial charge in [0.05, 0.1) is 5.33 Å². The van der Waals surface area contributed by atoms with E-state index in [4.69, 9.17) is 10.5 Å². The number of anilines is 1. The maximum absolute atomic E-state index is 15.2. The van der Waals surface area contributed by atoms with Crippen LogP contribution in [0.4, 0.5) is 20.8 Å². The lowest BCUT2D eigenvalue weighted by Crippen LogP contribution is -2.61. The maximum atomic E-state index is 15.2. The van der Waals surface area contributed by atoms with Gasteiger partial charge in [0.25, 0.3) is 5.91 Å². The minimum absolute atomic E-state index is 0.0475. The third-order valence-corrected chi connectivity index (χ3v) is 6.94. The summed E-state index contributed by atoms with van der Waals surface area (Å²) in [6.07, 6.45) is 2.44. The molecule has 2 saturated heterocycles. The molecular formula is C22H25BrFN6O4+. The number of quaternary nitrogens is 1. The van der Waals surface area contributed by atoms with Gasteiger partial charge in [0.2, 0.25) is 11.9 Å². The molecule has 12 heteroatoms. The molecule has 10 nitrogen and oxygen atoms in total. The number of nitrogens with zero attached hydrogens (tertiary/aromatic N) is 5. The van der Waals surface area contributed by atoms with E-state index in [1.807, 2.05) is 4.90 Å². The Morgan fingerprint density at radius 3 is 2.44 bits per heavy atom. The van der Waals surface area contributed by atoms with Crippen molar-refractivity contribution in [2.45, 2.75) is 13.0 Å². The molecule has 2 fully saturated rings. The molecule has 2 aliphatic rings. The van der Waals surface area contributed by atoms with E-state index in [1.165, 1.54) is 31.5 Å². The summed E-state index contributed by atoms with van der Waals surface area (Å²) in [4.78, 5) is 48.7. The van der Waals surface area contributed by atoms with Crippen LogP contribution in [0, 0.1) is 5.82 Å². The number of hydrogen-bond donors (Lipinski definition) is 1. The monoisotopic (exact) mass is 535 g/mol. The number of carbonyl (C=O) groups excluding carboxylic acids is 3. The Morgan fingerprint density at radius 2 is 1.91 bits per heavy atom. The van der Waals surface area contributed by atoms with Crippen molar-refractivity contribution in [2.24, 2.45) is 5.73 Å². The van der Waals surface area contributed by atoms with Crippen LogP contribution in [0.15, 0.2) is 30.6 Å². The second-order valence-corrected chi connectivity index (χ2v) is 8.78. The third-order valence-electron chi connectivity index (χ3n) is 6.46. The van der Waals surface area contributed by atoms with Crippen molar-refractivity contribution >= 4 is 45.5 Å². The lowest BCUT2D eigenvalue weighted by Gasteiger charge is -2.34. The lowest BCUT2D eigenvalue weighted by atomic mass is 10.1. The first kappa shape index (κ1) is 24.0. The van der Waals surface area contributed by atoms with Gasteiger partial charge >= 0.3 is 6.09 Å². The molecule has 3 heterocycles. The molecule has 180 valence electrons. The molecule has 34 heavy (non-hydrogen) atoms. The van der Waals surface area contributed by atoms with Gasteiger partial charge in [-0.2, -0.15) is 9.28 Å². The number of piperazine rings is 1. The number of ether oxygens (including phenoxy) is 1. The summed E-state index contributed by atoms with van der Waals surface area (Å²) < 4.78 is 19.8. The zero-order valence-corrected chi connectivity index (χ0v) is 20.2. The number of cyclic esters (lactones) is 1. The van der Waals surface area contributed by atoms with E-state index in [0.717, 1.165) is 0 Å². The summed E-state index contributed by atoms with van der Waals surface area (Å²) >= 11 is 3.18. The highest BCUT2D eigenvalue weighted by atomic mass is 79.9. The molecular weight excluding hydrogens is 511 g/mol. The van der Waals surface area contributed by atoms with Crippen LogP contribution in [0.5, 0.6) is 0 Å². The fourth-order valence-electron chi connectivity index (χ4n) is 4.36. The summed E-state index contributed by atoms with van der Waals surface area (Å²) in [6, 6.07) is 3.45. The molecule has 1 aromatic heterocycles. The number of aromatic nitrogens is 2. The molecule has 0 bridgehead atoms. The number of primary amides is 1. The number of rotatable bonds is 6. The van der Waals surface area contributed by atoms with Crippen molar-refractivity contribution in [2.75, 3.05) is 49.6 Å². The number of halogens is 2. The average Bonchev–Trinajstić information content (AvgIpc) is 3.25. The highest BCUT2D eigenvalue weighted by Crippen LogP contribution is 2.35. The van der Waals surface area contributed by atoms with Gasteiger partial charge in [-0.25, -0.2) is 14.4 Å². The Kier molecular flexibility index (Phi) is 6.80. The van der Waals surface area contributed by atoms with Gasteiger partial charge in [-0.1, -0.05) is 15.9 Å². The van der Waals surface area contributed by atoms with Gasteiger partial charge in [-0.15, -0.1) is 0 Å². The normalized spacial score (nSPS) is 21.3. The number of hydrogen-bond acceptors (Lipinski definition) is 7. The fourth-order valence-corrected chi connectivity index (χ4v) is 4.72. The van der Waals surface area contributed by atoms with Crippen LogP contribution in [0.25, 0.3) is 11.1 Å². The van der Waals surface area contributed by atoms with E-state index >= 15 is 4.39 Å². The number of carbonyl (C=O) groups is 3. The first-order chi connectivity index (χ1) is 16.3. The Bertz CT molecular complexity index is 1110. The van der Waals surface area contributed by atoms with Crippen molar-refractivity contribution in [1.29, 1.82) is 0 Å². The lowest BCUT2D eigenvalue weighted by molar-refractivity contribution is -0.128. The molecule has 2 unspecified atom stereocenters.